The number of methoxy groups -OCH3 is 1. The molecule has 0 aromatic heterocycles. The Balaban J connectivity index is 0.00000288. The highest BCUT2D eigenvalue weighted by molar-refractivity contribution is 5.93. The summed E-state index contributed by atoms with van der Waals surface area (Å²) in [7, 11) is 1.63. The van der Waals surface area contributed by atoms with E-state index in [0.717, 1.165) is 17.0 Å². The van der Waals surface area contributed by atoms with Crippen LogP contribution in [-0.2, 0) is 11.3 Å². The number of ether oxygens (including phenoxy) is 1. The van der Waals surface area contributed by atoms with Crippen molar-refractivity contribution in [1.29, 1.82) is 0 Å². The molecule has 0 heterocycles. The lowest BCUT2D eigenvalue weighted by Crippen LogP contribution is -2.31. The van der Waals surface area contributed by atoms with Crippen LogP contribution in [0.2, 0.25) is 0 Å². The van der Waals surface area contributed by atoms with E-state index in [-0.39, 0.29) is 24.4 Å². The molecular formula is C19H25ClN2O2. The van der Waals surface area contributed by atoms with Crippen molar-refractivity contribution in [2.24, 2.45) is 5.73 Å². The average Bonchev–Trinajstić information content (AvgIpc) is 2.58. The van der Waals surface area contributed by atoms with Crippen LogP contribution >= 0.6 is 12.4 Å². The normalized spacial score (nSPS) is 11.3. The molecule has 0 radical (unpaired) electrons. The van der Waals surface area contributed by atoms with Crippen LogP contribution < -0.4 is 15.4 Å². The van der Waals surface area contributed by atoms with Crippen LogP contribution in [0, 0.1) is 0 Å². The third-order valence-corrected chi connectivity index (χ3v) is 3.68. The number of carbonyl (C=O) groups excluding carboxylic acids is 1. The molecule has 5 heteroatoms. The maximum atomic E-state index is 12.6. The highest BCUT2D eigenvalue weighted by Gasteiger charge is 2.16. The number of carbonyl (C=O) groups is 1. The van der Waals surface area contributed by atoms with Gasteiger partial charge in [0, 0.05) is 18.2 Å². The fourth-order valence-corrected chi connectivity index (χ4v) is 2.34. The monoisotopic (exact) mass is 348 g/mol. The summed E-state index contributed by atoms with van der Waals surface area (Å²) in [6, 6.07) is 17.6. The van der Waals surface area contributed by atoms with Gasteiger partial charge in [0.15, 0.2) is 0 Å². The summed E-state index contributed by atoms with van der Waals surface area (Å²) in [6.07, 6.45) is 1.12. The van der Waals surface area contributed by atoms with Gasteiger partial charge in [0.2, 0.25) is 5.91 Å². The molecule has 1 atom stereocenters. The number of amides is 1. The summed E-state index contributed by atoms with van der Waals surface area (Å²) in [5.74, 6) is 0.854. The Morgan fingerprint density at radius 2 is 1.75 bits per heavy atom. The molecule has 1 amide bonds. The quantitative estimate of drug-likeness (QED) is 0.828. The standard InChI is InChI=1S/C19H24N2O2.ClH/c1-15(20)8-13-19(22)21(14-16-6-4-3-5-7-16)17-9-11-18(23-2)12-10-17;/h3-7,9-12,15H,8,13-14,20H2,1-2H3;1H. The molecule has 130 valence electrons. The molecule has 2 N–H and O–H groups in total. The number of halogens is 1. The zero-order valence-corrected chi connectivity index (χ0v) is 15.0. The molecule has 0 aliphatic carbocycles. The zero-order valence-electron chi connectivity index (χ0n) is 14.1. The number of hydrogen-bond donors (Lipinski definition) is 1. The minimum absolute atomic E-state index is 0. The van der Waals surface area contributed by atoms with E-state index in [2.05, 4.69) is 0 Å². The molecule has 2 rings (SSSR count). The lowest BCUT2D eigenvalue weighted by atomic mass is 10.1. The van der Waals surface area contributed by atoms with Crippen LogP contribution in [0.5, 0.6) is 5.75 Å². The number of rotatable bonds is 7. The third-order valence-electron chi connectivity index (χ3n) is 3.68. The topological polar surface area (TPSA) is 55.6 Å². The Kier molecular flexibility index (Phi) is 8.30. The molecule has 1 unspecified atom stereocenters. The van der Waals surface area contributed by atoms with Crippen molar-refractivity contribution in [2.75, 3.05) is 12.0 Å². The lowest BCUT2D eigenvalue weighted by molar-refractivity contribution is -0.118. The van der Waals surface area contributed by atoms with Gasteiger partial charge in [0.1, 0.15) is 5.75 Å². The largest absolute Gasteiger partial charge is 0.497 e. The highest BCUT2D eigenvalue weighted by Crippen LogP contribution is 2.22. The number of benzene rings is 2. The van der Waals surface area contributed by atoms with Gasteiger partial charge >= 0.3 is 0 Å². The minimum atomic E-state index is 0. The van der Waals surface area contributed by atoms with E-state index in [1.54, 1.807) is 12.0 Å². The number of nitrogens with two attached hydrogens (primary N) is 1. The molecule has 24 heavy (non-hydrogen) atoms. The molecule has 2 aromatic carbocycles. The first-order chi connectivity index (χ1) is 11.1. The van der Waals surface area contributed by atoms with Crippen molar-refractivity contribution in [3.63, 3.8) is 0 Å². The first-order valence-electron chi connectivity index (χ1n) is 7.84. The van der Waals surface area contributed by atoms with Crippen molar-refractivity contribution in [1.82, 2.24) is 0 Å². The van der Waals surface area contributed by atoms with Gasteiger partial charge in [0.25, 0.3) is 0 Å². The molecule has 0 bridgehead atoms. The summed E-state index contributed by atoms with van der Waals surface area (Å²) < 4.78 is 5.19. The van der Waals surface area contributed by atoms with Gasteiger partial charge in [-0.1, -0.05) is 30.3 Å². The van der Waals surface area contributed by atoms with Gasteiger partial charge in [-0.05, 0) is 43.2 Å². The molecule has 2 aromatic rings. The zero-order chi connectivity index (χ0) is 16.7. The van der Waals surface area contributed by atoms with Gasteiger partial charge < -0.3 is 15.4 Å². The van der Waals surface area contributed by atoms with Crippen molar-refractivity contribution in [2.45, 2.75) is 32.4 Å². The third kappa shape index (κ3) is 5.87. The van der Waals surface area contributed by atoms with Crippen LogP contribution in [0.25, 0.3) is 0 Å². The van der Waals surface area contributed by atoms with Gasteiger partial charge in [-0.25, -0.2) is 0 Å². The van der Waals surface area contributed by atoms with Crippen LogP contribution in [-0.4, -0.2) is 19.1 Å². The van der Waals surface area contributed by atoms with Crippen LogP contribution in [0.1, 0.15) is 25.3 Å². The van der Waals surface area contributed by atoms with Crippen molar-refractivity contribution < 1.29 is 9.53 Å². The number of anilines is 1. The molecule has 0 saturated heterocycles. The predicted octanol–water partition coefficient (Wildman–Crippen LogP) is 3.78. The first kappa shape index (κ1) is 20.0. The number of nitrogens with zero attached hydrogens (tertiary/aromatic N) is 1. The molecular weight excluding hydrogens is 324 g/mol. The second-order valence-corrected chi connectivity index (χ2v) is 5.68. The average molecular weight is 349 g/mol. The molecule has 0 spiro atoms. The second kappa shape index (κ2) is 9.96. The molecule has 0 saturated carbocycles. The lowest BCUT2D eigenvalue weighted by Gasteiger charge is -2.24. The molecule has 0 aliphatic rings. The SMILES string of the molecule is COc1ccc(N(Cc2ccccc2)C(=O)CCC(C)N)cc1.Cl. The van der Waals surface area contributed by atoms with Gasteiger partial charge in [-0.3, -0.25) is 4.79 Å². The molecule has 0 aliphatic heterocycles. The van der Waals surface area contributed by atoms with Gasteiger partial charge in [0.05, 0.1) is 13.7 Å². The Morgan fingerprint density at radius 3 is 2.29 bits per heavy atom. The Labute approximate surface area is 150 Å². The van der Waals surface area contributed by atoms with Crippen LogP contribution in [0.4, 0.5) is 5.69 Å². The van der Waals surface area contributed by atoms with Crippen LogP contribution in [0.3, 0.4) is 0 Å². The number of hydrogen-bond acceptors (Lipinski definition) is 3. The van der Waals surface area contributed by atoms with Crippen molar-refractivity contribution in [3.8, 4) is 5.75 Å². The first-order valence-corrected chi connectivity index (χ1v) is 7.84. The van der Waals surface area contributed by atoms with E-state index in [4.69, 9.17) is 10.5 Å². The summed E-state index contributed by atoms with van der Waals surface area (Å²) in [6.45, 7) is 2.47. The van der Waals surface area contributed by atoms with E-state index in [0.29, 0.717) is 19.4 Å². The fourth-order valence-electron chi connectivity index (χ4n) is 2.34. The Bertz CT molecular complexity index is 615. The predicted molar refractivity (Wildman–Crippen MR) is 101 cm³/mol. The minimum Gasteiger partial charge on any atom is -0.497 e. The molecule has 0 fully saturated rings. The highest BCUT2D eigenvalue weighted by atomic mass is 35.5. The summed E-state index contributed by atoms with van der Waals surface area (Å²) in [4.78, 5) is 14.4. The Morgan fingerprint density at radius 1 is 1.12 bits per heavy atom. The second-order valence-electron chi connectivity index (χ2n) is 5.68. The van der Waals surface area contributed by atoms with E-state index in [9.17, 15) is 4.79 Å². The van der Waals surface area contributed by atoms with Gasteiger partial charge in [-0.2, -0.15) is 0 Å². The smallest absolute Gasteiger partial charge is 0.227 e. The van der Waals surface area contributed by atoms with Crippen molar-refractivity contribution >= 4 is 24.0 Å². The maximum absolute atomic E-state index is 12.6. The summed E-state index contributed by atoms with van der Waals surface area (Å²) in [5, 5.41) is 0. The van der Waals surface area contributed by atoms with Gasteiger partial charge in [-0.15, -0.1) is 12.4 Å². The maximum Gasteiger partial charge on any atom is 0.227 e. The summed E-state index contributed by atoms with van der Waals surface area (Å²) in [5.41, 5.74) is 7.74. The van der Waals surface area contributed by atoms with E-state index >= 15 is 0 Å². The summed E-state index contributed by atoms with van der Waals surface area (Å²) >= 11 is 0. The van der Waals surface area contributed by atoms with E-state index in [1.165, 1.54) is 0 Å². The molecule has 4 nitrogen and oxygen atoms in total. The van der Waals surface area contributed by atoms with Crippen molar-refractivity contribution in [3.05, 3.63) is 60.2 Å². The fraction of sp³-hybridized carbons (Fsp3) is 0.316. The van der Waals surface area contributed by atoms with E-state index < -0.39 is 0 Å². The van der Waals surface area contributed by atoms with Crippen LogP contribution in [0.15, 0.2) is 54.6 Å². The van der Waals surface area contributed by atoms with E-state index in [1.807, 2.05) is 61.5 Å². The Hall–Kier alpha value is -2.04.